The van der Waals surface area contributed by atoms with E-state index in [1.54, 1.807) is 4.68 Å². The van der Waals surface area contributed by atoms with Crippen LogP contribution in [0.1, 0.15) is 11.9 Å². The predicted octanol–water partition coefficient (Wildman–Crippen LogP) is 3.81. The summed E-state index contributed by atoms with van der Waals surface area (Å²) >= 11 is 9.48. The third kappa shape index (κ3) is 4.26. The Morgan fingerprint density at radius 2 is 2.08 bits per heavy atom. The van der Waals surface area contributed by atoms with Crippen molar-refractivity contribution in [1.82, 2.24) is 20.0 Å². The summed E-state index contributed by atoms with van der Waals surface area (Å²) in [6.45, 7) is 2.00. The van der Waals surface area contributed by atoms with Crippen molar-refractivity contribution in [2.75, 3.05) is 11.1 Å². The average molecular weight is 396 g/mol. The molecule has 0 saturated heterocycles. The molecule has 10 heteroatoms. The molecule has 0 spiro atoms. The molecule has 0 bridgehead atoms. The van der Waals surface area contributed by atoms with E-state index >= 15 is 0 Å². The first-order chi connectivity index (χ1) is 11.7. The van der Waals surface area contributed by atoms with Crippen LogP contribution < -0.4 is 5.32 Å². The molecule has 0 radical (unpaired) electrons. The SMILES string of the molecule is CCc1nnc(NC(=O)CSc2nn(-c3ccccc3)c(=S)s2)s1. The molecular formula is C14H13N5OS4. The van der Waals surface area contributed by atoms with E-state index in [1.807, 2.05) is 37.3 Å². The maximum atomic E-state index is 12.0. The Morgan fingerprint density at radius 1 is 1.29 bits per heavy atom. The van der Waals surface area contributed by atoms with Gasteiger partial charge >= 0.3 is 0 Å². The quantitative estimate of drug-likeness (QED) is 0.505. The van der Waals surface area contributed by atoms with Crippen LogP contribution in [0.2, 0.25) is 0 Å². The fourth-order valence-corrected chi connectivity index (χ4v) is 4.64. The number of anilines is 1. The minimum Gasteiger partial charge on any atom is -0.300 e. The zero-order chi connectivity index (χ0) is 16.9. The molecule has 2 heterocycles. The third-order valence-electron chi connectivity index (χ3n) is 2.87. The van der Waals surface area contributed by atoms with E-state index in [0.29, 0.717) is 9.09 Å². The van der Waals surface area contributed by atoms with Gasteiger partial charge in [0, 0.05) is 0 Å². The Hall–Kier alpha value is -1.62. The van der Waals surface area contributed by atoms with Gasteiger partial charge in [-0.15, -0.1) is 15.3 Å². The second kappa shape index (κ2) is 7.97. The van der Waals surface area contributed by atoms with E-state index in [1.165, 1.54) is 34.4 Å². The van der Waals surface area contributed by atoms with Crippen LogP contribution >= 0.6 is 46.7 Å². The lowest BCUT2D eigenvalue weighted by Gasteiger charge is -2.00. The van der Waals surface area contributed by atoms with Gasteiger partial charge in [0.15, 0.2) is 8.29 Å². The van der Waals surface area contributed by atoms with Crippen LogP contribution in [0.4, 0.5) is 5.13 Å². The standard InChI is InChI=1S/C14H13N5OS4/c1-2-11-16-17-12(23-11)15-10(20)8-22-13-18-19(14(21)24-13)9-6-4-3-5-7-9/h3-7H,2,8H2,1H3,(H,15,17,20). The number of nitrogens with zero attached hydrogens (tertiary/aromatic N) is 4. The zero-order valence-corrected chi connectivity index (χ0v) is 15.9. The fourth-order valence-electron chi connectivity index (χ4n) is 1.78. The van der Waals surface area contributed by atoms with Crippen LogP contribution in [0, 0.1) is 3.95 Å². The van der Waals surface area contributed by atoms with E-state index in [0.717, 1.165) is 21.5 Å². The highest BCUT2D eigenvalue weighted by Gasteiger charge is 2.11. The summed E-state index contributed by atoms with van der Waals surface area (Å²) in [7, 11) is 0. The minimum absolute atomic E-state index is 0.133. The van der Waals surface area contributed by atoms with Crippen molar-refractivity contribution in [1.29, 1.82) is 0 Å². The van der Waals surface area contributed by atoms with Crippen molar-refractivity contribution >= 4 is 57.7 Å². The minimum atomic E-state index is -0.133. The Bertz CT molecular complexity index is 886. The Morgan fingerprint density at radius 3 is 2.79 bits per heavy atom. The highest BCUT2D eigenvalue weighted by molar-refractivity contribution is 8.01. The van der Waals surface area contributed by atoms with Crippen LogP contribution in [0.5, 0.6) is 0 Å². The monoisotopic (exact) mass is 395 g/mol. The molecule has 6 nitrogen and oxygen atoms in total. The zero-order valence-electron chi connectivity index (χ0n) is 12.6. The van der Waals surface area contributed by atoms with Crippen molar-refractivity contribution < 1.29 is 4.79 Å². The van der Waals surface area contributed by atoms with Crippen LogP contribution in [0.25, 0.3) is 5.69 Å². The summed E-state index contributed by atoms with van der Waals surface area (Å²) in [6.07, 6.45) is 0.808. The number of carbonyl (C=O) groups is 1. The lowest BCUT2D eigenvalue weighted by Crippen LogP contribution is -2.13. The number of amides is 1. The molecule has 124 valence electrons. The molecule has 3 aromatic rings. The smallest absolute Gasteiger partial charge is 0.236 e. The number of hydrogen-bond donors (Lipinski definition) is 1. The number of thioether (sulfide) groups is 1. The van der Waals surface area contributed by atoms with Crippen molar-refractivity contribution in [3.8, 4) is 5.69 Å². The van der Waals surface area contributed by atoms with Crippen LogP contribution in [-0.4, -0.2) is 31.6 Å². The van der Waals surface area contributed by atoms with Crippen LogP contribution in [0.15, 0.2) is 34.7 Å². The molecule has 1 amide bonds. The van der Waals surface area contributed by atoms with Crippen LogP contribution in [0.3, 0.4) is 0 Å². The lowest BCUT2D eigenvalue weighted by molar-refractivity contribution is -0.113. The summed E-state index contributed by atoms with van der Waals surface area (Å²) in [4.78, 5) is 12.0. The number of hydrogen-bond acceptors (Lipinski definition) is 8. The molecule has 0 fully saturated rings. The van der Waals surface area contributed by atoms with Gasteiger partial charge in [-0.05, 0) is 30.8 Å². The summed E-state index contributed by atoms with van der Waals surface area (Å²) < 4.78 is 3.12. The summed E-state index contributed by atoms with van der Waals surface area (Å²) in [5.41, 5.74) is 0.913. The van der Waals surface area contributed by atoms with Crippen molar-refractivity contribution in [2.45, 2.75) is 17.7 Å². The highest BCUT2D eigenvalue weighted by atomic mass is 32.2. The topological polar surface area (TPSA) is 72.7 Å². The number of para-hydroxylation sites is 1. The normalized spacial score (nSPS) is 10.7. The van der Waals surface area contributed by atoms with Gasteiger partial charge in [0.05, 0.1) is 11.4 Å². The van der Waals surface area contributed by atoms with Crippen molar-refractivity contribution in [2.24, 2.45) is 0 Å². The third-order valence-corrected chi connectivity index (χ3v) is 6.22. The molecule has 0 aliphatic heterocycles. The largest absolute Gasteiger partial charge is 0.300 e. The first-order valence-corrected chi connectivity index (χ1v) is 10.1. The molecule has 0 unspecified atom stereocenters. The lowest BCUT2D eigenvalue weighted by atomic mass is 10.3. The Labute approximate surface area is 156 Å². The summed E-state index contributed by atoms with van der Waals surface area (Å²) in [5, 5.41) is 16.5. The molecule has 0 saturated carbocycles. The van der Waals surface area contributed by atoms with Gasteiger partial charge in [-0.25, -0.2) is 4.68 Å². The van der Waals surface area contributed by atoms with Gasteiger partial charge in [-0.2, -0.15) is 0 Å². The van der Waals surface area contributed by atoms with E-state index in [9.17, 15) is 4.79 Å². The molecule has 0 aliphatic carbocycles. The Kier molecular flexibility index (Phi) is 5.72. The van der Waals surface area contributed by atoms with Gasteiger partial charge in [0.25, 0.3) is 0 Å². The second-order valence-corrected chi connectivity index (χ2v) is 8.48. The number of benzene rings is 1. The fraction of sp³-hybridized carbons (Fsp3) is 0.214. The maximum absolute atomic E-state index is 12.0. The number of carbonyl (C=O) groups excluding carboxylic acids is 1. The van der Waals surface area contributed by atoms with Gasteiger partial charge in [-0.3, -0.25) is 10.1 Å². The van der Waals surface area contributed by atoms with Gasteiger partial charge in [0.1, 0.15) is 5.01 Å². The van der Waals surface area contributed by atoms with E-state index in [-0.39, 0.29) is 11.7 Å². The summed E-state index contributed by atoms with van der Waals surface area (Å²) in [6, 6.07) is 9.69. The van der Waals surface area contributed by atoms with Gasteiger partial charge in [0.2, 0.25) is 11.0 Å². The second-order valence-electron chi connectivity index (χ2n) is 4.57. The van der Waals surface area contributed by atoms with Crippen molar-refractivity contribution in [3.05, 3.63) is 39.3 Å². The number of nitrogens with one attached hydrogen (secondary N) is 1. The van der Waals surface area contributed by atoms with Crippen LogP contribution in [-0.2, 0) is 11.2 Å². The molecule has 3 rings (SSSR count). The number of aromatic nitrogens is 4. The Balaban J connectivity index is 1.61. The number of aryl methyl sites for hydroxylation is 1. The highest BCUT2D eigenvalue weighted by Crippen LogP contribution is 2.24. The summed E-state index contributed by atoms with van der Waals surface area (Å²) in [5.74, 6) is 0.115. The number of rotatable bonds is 6. The first-order valence-electron chi connectivity index (χ1n) is 7.06. The average Bonchev–Trinajstić information content (AvgIpc) is 3.20. The van der Waals surface area contributed by atoms with E-state index < -0.39 is 0 Å². The molecule has 24 heavy (non-hydrogen) atoms. The maximum Gasteiger partial charge on any atom is 0.236 e. The van der Waals surface area contributed by atoms with Crippen molar-refractivity contribution in [3.63, 3.8) is 0 Å². The predicted molar refractivity (Wildman–Crippen MR) is 101 cm³/mol. The first kappa shape index (κ1) is 17.2. The molecule has 1 aromatic carbocycles. The van der Waals surface area contributed by atoms with E-state index in [2.05, 4.69) is 20.6 Å². The molecule has 1 N–H and O–H groups in total. The van der Waals surface area contributed by atoms with Gasteiger partial charge < -0.3 is 0 Å². The van der Waals surface area contributed by atoms with E-state index in [4.69, 9.17) is 12.2 Å². The molecule has 0 atom stereocenters. The molecule has 2 aromatic heterocycles. The molecule has 0 aliphatic rings. The molecular weight excluding hydrogens is 382 g/mol. The van der Waals surface area contributed by atoms with Gasteiger partial charge in [-0.1, -0.05) is 59.6 Å².